The molecule has 2 aromatic rings. The molecule has 0 fully saturated rings. The minimum Gasteiger partial charge on any atom is -0.338 e. The number of amides is 1. The van der Waals surface area contributed by atoms with Crippen LogP contribution in [0, 0.1) is 0 Å². The molecule has 27 heavy (non-hydrogen) atoms. The van der Waals surface area contributed by atoms with Gasteiger partial charge in [-0.25, -0.2) is 4.79 Å². The van der Waals surface area contributed by atoms with Crippen LogP contribution in [0.5, 0.6) is 0 Å². The summed E-state index contributed by atoms with van der Waals surface area (Å²) in [5.41, 5.74) is 2.01. The molecule has 0 aromatic carbocycles. The molecule has 1 amide bonds. The van der Waals surface area contributed by atoms with Crippen molar-refractivity contribution >= 4 is 34.1 Å². The molecule has 0 aliphatic heterocycles. The summed E-state index contributed by atoms with van der Waals surface area (Å²) in [5, 5.41) is 12.8. The van der Waals surface area contributed by atoms with Crippen LogP contribution in [0.3, 0.4) is 0 Å². The summed E-state index contributed by atoms with van der Waals surface area (Å²) in [6, 6.07) is 0. The third-order valence-corrected chi connectivity index (χ3v) is 6.39. The predicted molar refractivity (Wildman–Crippen MR) is 107 cm³/mol. The fraction of sp³-hybridized carbons (Fsp3) is 0.588. The molecule has 0 saturated heterocycles. The molecule has 2 N–H and O–H groups in total. The number of carbonyl (C=O) groups is 1. The van der Waals surface area contributed by atoms with Gasteiger partial charge in [0.2, 0.25) is 11.0 Å². The highest BCUT2D eigenvalue weighted by Crippen LogP contribution is 2.29. The number of likely N-dealkylation sites (N-methyl/N-ethyl adjacent to an activating group) is 1. The summed E-state index contributed by atoms with van der Waals surface area (Å²) >= 11 is 2.71. The molecule has 1 aliphatic carbocycles. The van der Waals surface area contributed by atoms with E-state index < -0.39 is 0 Å². The number of thioether (sulfide) groups is 1. The molecular weight excluding hydrogens is 384 g/mol. The molecule has 1 aliphatic rings. The van der Waals surface area contributed by atoms with E-state index >= 15 is 0 Å². The summed E-state index contributed by atoms with van der Waals surface area (Å²) in [4.78, 5) is 30.3. The van der Waals surface area contributed by atoms with Crippen LogP contribution in [0.15, 0.2) is 9.82 Å². The first-order valence-electron chi connectivity index (χ1n) is 9.14. The number of hydrogen-bond donors (Lipinski definition) is 2. The molecule has 0 bridgehead atoms. The van der Waals surface area contributed by atoms with Gasteiger partial charge in [-0.3, -0.25) is 14.7 Å². The first-order valence-corrected chi connectivity index (χ1v) is 10.9. The highest BCUT2D eigenvalue weighted by atomic mass is 32.2. The topological polar surface area (TPSA) is 94.2 Å². The van der Waals surface area contributed by atoms with Gasteiger partial charge in [0.05, 0.1) is 32.9 Å². The maximum Gasteiger partial charge on any atom is 0.349 e. The van der Waals surface area contributed by atoms with E-state index in [2.05, 4.69) is 34.6 Å². The van der Waals surface area contributed by atoms with Gasteiger partial charge in [-0.1, -0.05) is 30.0 Å². The molecule has 8 nitrogen and oxygen atoms in total. The summed E-state index contributed by atoms with van der Waals surface area (Å²) in [5.74, 6) is 0.0407. The third-order valence-electron chi connectivity index (χ3n) is 4.39. The smallest absolute Gasteiger partial charge is 0.338 e. The van der Waals surface area contributed by atoms with Crippen LogP contribution in [-0.4, -0.2) is 52.0 Å². The average Bonchev–Trinajstić information content (AvgIpc) is 3.28. The Bertz CT molecular complexity index is 877. The Morgan fingerprint density at radius 1 is 1.33 bits per heavy atom. The largest absolute Gasteiger partial charge is 0.349 e. The molecular formula is C17H25N6O2S2+. The highest BCUT2D eigenvalue weighted by Gasteiger charge is 2.23. The van der Waals surface area contributed by atoms with E-state index in [4.69, 9.17) is 0 Å². The molecule has 146 valence electrons. The summed E-state index contributed by atoms with van der Waals surface area (Å²) < 4.78 is 1.81. The van der Waals surface area contributed by atoms with Crippen LogP contribution < -0.4 is 15.9 Å². The van der Waals surface area contributed by atoms with Gasteiger partial charge in [0.25, 0.3) is 0 Å². The Morgan fingerprint density at radius 3 is 2.85 bits per heavy atom. The second-order valence-electron chi connectivity index (χ2n) is 6.78. The van der Waals surface area contributed by atoms with Crippen molar-refractivity contribution in [2.45, 2.75) is 44.2 Å². The minimum absolute atomic E-state index is 0.160. The maximum atomic E-state index is 12.5. The lowest BCUT2D eigenvalue weighted by Crippen LogP contribution is -3.06. The van der Waals surface area contributed by atoms with Crippen molar-refractivity contribution in [1.29, 1.82) is 0 Å². The van der Waals surface area contributed by atoms with Crippen molar-refractivity contribution < 1.29 is 9.69 Å². The first-order chi connectivity index (χ1) is 13.0. The van der Waals surface area contributed by atoms with Crippen molar-refractivity contribution in [3.8, 4) is 0 Å². The van der Waals surface area contributed by atoms with Crippen molar-refractivity contribution in [2.75, 3.05) is 31.7 Å². The molecule has 0 atom stereocenters. The normalized spacial score (nSPS) is 13.2. The van der Waals surface area contributed by atoms with E-state index in [1.807, 2.05) is 11.5 Å². The third kappa shape index (κ3) is 4.94. The molecule has 10 heteroatoms. The number of fused-ring (bicyclic) bond motifs is 1. The number of nitrogens with zero attached hydrogens (tertiary/aromatic N) is 4. The van der Waals surface area contributed by atoms with Crippen LogP contribution in [0.25, 0.3) is 0 Å². The van der Waals surface area contributed by atoms with Crippen LogP contribution in [0.2, 0.25) is 0 Å². The van der Waals surface area contributed by atoms with Crippen molar-refractivity contribution in [1.82, 2.24) is 19.7 Å². The number of hydrogen-bond acceptors (Lipinski definition) is 7. The molecule has 0 saturated carbocycles. The van der Waals surface area contributed by atoms with Crippen LogP contribution in [0.1, 0.15) is 29.6 Å². The molecule has 0 radical (unpaired) electrons. The zero-order valence-electron chi connectivity index (χ0n) is 15.9. The van der Waals surface area contributed by atoms with E-state index in [0.717, 1.165) is 48.5 Å². The zero-order chi connectivity index (χ0) is 19.4. The van der Waals surface area contributed by atoms with Crippen LogP contribution >= 0.6 is 23.1 Å². The van der Waals surface area contributed by atoms with Crippen molar-refractivity contribution in [3.05, 3.63) is 26.7 Å². The van der Waals surface area contributed by atoms with Gasteiger partial charge in [-0.15, -0.1) is 10.2 Å². The molecule has 0 spiro atoms. The Hall–Kier alpha value is -1.78. The van der Waals surface area contributed by atoms with Crippen molar-refractivity contribution in [3.63, 3.8) is 0 Å². The molecule has 2 heterocycles. The second kappa shape index (κ2) is 8.94. The maximum absolute atomic E-state index is 12.5. The summed E-state index contributed by atoms with van der Waals surface area (Å²) in [6.45, 7) is 3.56. The van der Waals surface area contributed by atoms with E-state index in [0.29, 0.717) is 16.7 Å². The van der Waals surface area contributed by atoms with Gasteiger partial charge in [-0.2, -0.15) is 4.98 Å². The number of carbonyl (C=O) groups excluding carboxylic acids is 1. The lowest BCUT2D eigenvalue weighted by Gasteiger charge is -2.15. The average molecular weight is 410 g/mol. The summed E-state index contributed by atoms with van der Waals surface area (Å²) in [6.07, 6.45) is 3.64. The van der Waals surface area contributed by atoms with E-state index in [1.54, 1.807) is 0 Å². The van der Waals surface area contributed by atoms with E-state index in [9.17, 15) is 9.59 Å². The Morgan fingerprint density at radius 2 is 2.15 bits per heavy atom. The Balaban J connectivity index is 1.68. The fourth-order valence-electron chi connectivity index (χ4n) is 3.01. The van der Waals surface area contributed by atoms with Gasteiger partial charge in [0.1, 0.15) is 10.0 Å². The van der Waals surface area contributed by atoms with Crippen LogP contribution in [-0.2, 0) is 30.6 Å². The van der Waals surface area contributed by atoms with E-state index in [-0.39, 0.29) is 17.3 Å². The first kappa shape index (κ1) is 20.0. The Kier molecular flexibility index (Phi) is 6.61. The molecule has 2 aromatic heterocycles. The minimum atomic E-state index is -0.212. The molecule has 3 rings (SSSR count). The lowest BCUT2D eigenvalue weighted by molar-refractivity contribution is -0.859. The van der Waals surface area contributed by atoms with Crippen molar-refractivity contribution in [2.24, 2.45) is 0 Å². The van der Waals surface area contributed by atoms with Gasteiger partial charge in [0, 0.05) is 11.3 Å². The monoisotopic (exact) mass is 409 g/mol. The second-order valence-corrected chi connectivity index (χ2v) is 8.80. The van der Waals surface area contributed by atoms with Crippen LogP contribution in [0.4, 0.5) is 5.13 Å². The van der Waals surface area contributed by atoms with Gasteiger partial charge >= 0.3 is 5.69 Å². The van der Waals surface area contributed by atoms with Gasteiger partial charge < -0.3 is 4.90 Å². The number of anilines is 1. The predicted octanol–water partition coefficient (Wildman–Crippen LogP) is 0.0212. The summed E-state index contributed by atoms with van der Waals surface area (Å²) in [7, 11) is 4.14. The Labute approximate surface area is 166 Å². The fourth-order valence-corrected chi connectivity index (χ4v) is 4.58. The number of aromatic nitrogens is 4. The number of nitrogens with one attached hydrogen (secondary N) is 2. The lowest BCUT2D eigenvalue weighted by atomic mass is 10.2. The highest BCUT2D eigenvalue weighted by molar-refractivity contribution is 8.00. The number of quaternary nitrogens is 1. The van der Waals surface area contributed by atoms with Gasteiger partial charge in [-0.05, 0) is 25.7 Å². The number of aryl methyl sites for hydroxylation is 1. The van der Waals surface area contributed by atoms with E-state index in [1.165, 1.54) is 28.0 Å². The molecule has 0 unspecified atom stereocenters. The standard InChI is InChI=1S/C17H24N6O2S2/c1-4-14-20-21-16(27-14)18-13(24)10-26-15-11-6-5-7-12(11)23(17(25)19-15)9-8-22(2)3/h4-10H2,1-3H3,(H,18,21,24)/p+1. The number of rotatable bonds is 8. The quantitative estimate of drug-likeness (QED) is 0.472. The van der Waals surface area contributed by atoms with Gasteiger partial charge in [0.15, 0.2) is 0 Å². The zero-order valence-corrected chi connectivity index (χ0v) is 17.5. The SMILES string of the molecule is CCc1nnc(NC(=O)CSc2nc(=O)n(CC[NH+](C)C)c3c2CCC3)s1.